The van der Waals surface area contributed by atoms with Gasteiger partial charge < -0.3 is 15.4 Å². The van der Waals surface area contributed by atoms with Crippen molar-refractivity contribution in [1.29, 1.82) is 0 Å². The SMILES string of the molecule is Cl.O=C(CC1CCNCC1)Nc1cccc(OC(F)(F)F)c1. The van der Waals surface area contributed by atoms with E-state index in [1.807, 2.05) is 0 Å². The van der Waals surface area contributed by atoms with Crippen molar-refractivity contribution < 1.29 is 22.7 Å². The number of rotatable bonds is 4. The van der Waals surface area contributed by atoms with Crippen LogP contribution in [0.3, 0.4) is 0 Å². The molecule has 1 aliphatic heterocycles. The molecule has 0 bridgehead atoms. The van der Waals surface area contributed by atoms with Crippen LogP contribution in [-0.2, 0) is 4.79 Å². The van der Waals surface area contributed by atoms with Crippen molar-refractivity contribution in [2.24, 2.45) is 5.92 Å². The molecule has 1 aliphatic rings. The number of hydrogen-bond donors (Lipinski definition) is 2. The summed E-state index contributed by atoms with van der Waals surface area (Å²) in [4.78, 5) is 11.9. The summed E-state index contributed by atoms with van der Waals surface area (Å²) in [5.74, 6) is -0.214. The molecule has 1 heterocycles. The van der Waals surface area contributed by atoms with Gasteiger partial charge in [0.15, 0.2) is 0 Å². The molecule has 0 atom stereocenters. The van der Waals surface area contributed by atoms with Crippen LogP contribution in [0.25, 0.3) is 0 Å². The van der Waals surface area contributed by atoms with Gasteiger partial charge in [-0.05, 0) is 44.0 Å². The number of anilines is 1. The maximum absolute atomic E-state index is 12.1. The Labute approximate surface area is 132 Å². The van der Waals surface area contributed by atoms with Gasteiger partial charge in [-0.3, -0.25) is 4.79 Å². The largest absolute Gasteiger partial charge is 0.573 e. The molecule has 2 rings (SSSR count). The summed E-state index contributed by atoms with van der Waals surface area (Å²) in [7, 11) is 0. The lowest BCUT2D eigenvalue weighted by Crippen LogP contribution is -2.30. The predicted molar refractivity (Wildman–Crippen MR) is 79.2 cm³/mol. The van der Waals surface area contributed by atoms with Crippen LogP contribution in [0.1, 0.15) is 19.3 Å². The minimum absolute atomic E-state index is 0. The second-order valence-electron chi connectivity index (χ2n) is 5.02. The minimum Gasteiger partial charge on any atom is -0.406 e. The third-order valence-electron chi connectivity index (χ3n) is 3.28. The Morgan fingerprint density at radius 1 is 1.32 bits per heavy atom. The van der Waals surface area contributed by atoms with Gasteiger partial charge in [0, 0.05) is 18.2 Å². The number of benzene rings is 1. The Balaban J connectivity index is 0.00000242. The van der Waals surface area contributed by atoms with Crippen molar-refractivity contribution in [2.75, 3.05) is 18.4 Å². The van der Waals surface area contributed by atoms with Crippen molar-refractivity contribution in [3.63, 3.8) is 0 Å². The van der Waals surface area contributed by atoms with E-state index in [-0.39, 0.29) is 24.1 Å². The average molecular weight is 339 g/mol. The normalized spacial score (nSPS) is 15.8. The Morgan fingerprint density at radius 2 is 2.00 bits per heavy atom. The fourth-order valence-electron chi connectivity index (χ4n) is 2.33. The van der Waals surface area contributed by atoms with Crippen LogP contribution >= 0.6 is 12.4 Å². The smallest absolute Gasteiger partial charge is 0.406 e. The van der Waals surface area contributed by atoms with Gasteiger partial charge in [-0.15, -0.1) is 25.6 Å². The second-order valence-corrected chi connectivity index (χ2v) is 5.02. The van der Waals surface area contributed by atoms with E-state index in [2.05, 4.69) is 15.4 Å². The fourth-order valence-corrected chi connectivity index (χ4v) is 2.33. The Bertz CT molecular complexity index is 491. The maximum Gasteiger partial charge on any atom is 0.573 e. The molecule has 1 amide bonds. The molecule has 1 aromatic rings. The molecule has 1 fully saturated rings. The first kappa shape index (κ1) is 18.6. The van der Waals surface area contributed by atoms with E-state index in [9.17, 15) is 18.0 Å². The van der Waals surface area contributed by atoms with E-state index in [1.54, 1.807) is 0 Å². The number of piperidine rings is 1. The van der Waals surface area contributed by atoms with Crippen LogP contribution in [0, 0.1) is 5.92 Å². The maximum atomic E-state index is 12.1. The van der Waals surface area contributed by atoms with Crippen molar-refractivity contribution >= 4 is 24.0 Å². The van der Waals surface area contributed by atoms with Crippen molar-refractivity contribution in [1.82, 2.24) is 5.32 Å². The monoisotopic (exact) mass is 338 g/mol. The van der Waals surface area contributed by atoms with Gasteiger partial charge in [0.1, 0.15) is 5.75 Å². The molecular formula is C14H18ClF3N2O2. The molecule has 1 saturated heterocycles. The van der Waals surface area contributed by atoms with Crippen LogP contribution in [0.4, 0.5) is 18.9 Å². The summed E-state index contributed by atoms with van der Waals surface area (Å²) < 4.78 is 40.2. The minimum atomic E-state index is -4.74. The molecule has 1 aromatic carbocycles. The predicted octanol–water partition coefficient (Wildman–Crippen LogP) is 3.34. The molecule has 124 valence electrons. The number of halogens is 4. The lowest BCUT2D eigenvalue weighted by molar-refractivity contribution is -0.274. The zero-order valence-electron chi connectivity index (χ0n) is 11.8. The van der Waals surface area contributed by atoms with E-state index in [1.165, 1.54) is 18.2 Å². The Hall–Kier alpha value is -1.47. The first-order valence-corrected chi connectivity index (χ1v) is 6.79. The molecule has 0 aliphatic carbocycles. The first-order chi connectivity index (χ1) is 9.92. The number of amides is 1. The Kier molecular flexibility index (Phi) is 6.96. The van der Waals surface area contributed by atoms with Crippen molar-refractivity contribution in [3.8, 4) is 5.75 Å². The number of ether oxygens (including phenoxy) is 1. The van der Waals surface area contributed by atoms with Crippen LogP contribution < -0.4 is 15.4 Å². The molecule has 0 radical (unpaired) electrons. The molecule has 22 heavy (non-hydrogen) atoms. The lowest BCUT2D eigenvalue weighted by Gasteiger charge is -2.22. The highest BCUT2D eigenvalue weighted by Gasteiger charge is 2.31. The van der Waals surface area contributed by atoms with Crippen LogP contribution in [0.5, 0.6) is 5.75 Å². The zero-order valence-corrected chi connectivity index (χ0v) is 12.6. The third-order valence-corrected chi connectivity index (χ3v) is 3.28. The summed E-state index contributed by atoms with van der Waals surface area (Å²) in [5.41, 5.74) is 0.302. The Morgan fingerprint density at radius 3 is 2.64 bits per heavy atom. The second kappa shape index (κ2) is 8.24. The summed E-state index contributed by atoms with van der Waals surface area (Å²) in [6.45, 7) is 1.79. The van der Waals surface area contributed by atoms with E-state index in [4.69, 9.17) is 0 Å². The van der Waals surface area contributed by atoms with Gasteiger partial charge in [-0.25, -0.2) is 0 Å². The molecular weight excluding hydrogens is 321 g/mol. The van der Waals surface area contributed by atoms with Gasteiger partial charge in [-0.2, -0.15) is 0 Å². The van der Waals surface area contributed by atoms with E-state index >= 15 is 0 Å². The van der Waals surface area contributed by atoms with Crippen LogP contribution in [0.15, 0.2) is 24.3 Å². The molecule has 0 spiro atoms. The number of hydrogen-bond acceptors (Lipinski definition) is 3. The van der Waals surface area contributed by atoms with Gasteiger partial charge in [0.05, 0.1) is 0 Å². The van der Waals surface area contributed by atoms with Crippen LogP contribution in [0.2, 0.25) is 0 Å². The quantitative estimate of drug-likeness (QED) is 0.885. The molecule has 0 saturated carbocycles. The number of carbonyl (C=O) groups is 1. The highest BCUT2D eigenvalue weighted by molar-refractivity contribution is 5.91. The number of nitrogens with one attached hydrogen (secondary N) is 2. The number of carbonyl (C=O) groups excluding carboxylic acids is 1. The molecule has 4 nitrogen and oxygen atoms in total. The van der Waals surface area contributed by atoms with Gasteiger partial charge in [-0.1, -0.05) is 6.07 Å². The number of alkyl halides is 3. The molecule has 0 unspecified atom stereocenters. The summed E-state index contributed by atoms with van der Waals surface area (Å²) in [6, 6.07) is 5.29. The van der Waals surface area contributed by atoms with Crippen molar-refractivity contribution in [2.45, 2.75) is 25.6 Å². The zero-order chi connectivity index (χ0) is 15.3. The van der Waals surface area contributed by atoms with E-state index in [0.29, 0.717) is 18.0 Å². The average Bonchev–Trinajstić information content (AvgIpc) is 2.38. The summed E-state index contributed by atoms with van der Waals surface area (Å²) >= 11 is 0. The summed E-state index contributed by atoms with van der Waals surface area (Å²) in [6.07, 6.45) is -2.49. The standard InChI is InChI=1S/C14H17F3N2O2.ClH/c15-14(16,17)21-12-3-1-2-11(9-12)19-13(20)8-10-4-6-18-7-5-10;/h1-3,9-10,18H,4-8H2,(H,19,20);1H. The molecule has 8 heteroatoms. The van der Waals surface area contributed by atoms with E-state index < -0.39 is 6.36 Å². The molecule has 2 N–H and O–H groups in total. The van der Waals surface area contributed by atoms with Crippen LogP contribution in [-0.4, -0.2) is 25.4 Å². The highest BCUT2D eigenvalue weighted by atomic mass is 35.5. The lowest BCUT2D eigenvalue weighted by atomic mass is 9.94. The fraction of sp³-hybridized carbons (Fsp3) is 0.500. The molecule has 0 aromatic heterocycles. The van der Waals surface area contributed by atoms with Gasteiger partial charge in [0.2, 0.25) is 5.91 Å². The van der Waals surface area contributed by atoms with E-state index in [0.717, 1.165) is 32.0 Å². The van der Waals surface area contributed by atoms with Gasteiger partial charge >= 0.3 is 6.36 Å². The van der Waals surface area contributed by atoms with Crippen molar-refractivity contribution in [3.05, 3.63) is 24.3 Å². The highest BCUT2D eigenvalue weighted by Crippen LogP contribution is 2.25. The first-order valence-electron chi connectivity index (χ1n) is 6.79. The topological polar surface area (TPSA) is 50.4 Å². The third kappa shape index (κ3) is 6.53. The van der Waals surface area contributed by atoms with Gasteiger partial charge in [0.25, 0.3) is 0 Å². The summed E-state index contributed by atoms with van der Waals surface area (Å²) in [5, 5.41) is 5.82.